The molecule has 0 unspecified atom stereocenters. The Balaban J connectivity index is 1.15. The average Bonchev–Trinajstić information content (AvgIpc) is 3.11. The lowest BCUT2D eigenvalue weighted by molar-refractivity contribution is -0.121. The normalized spacial score (nSPS) is 21.2. The predicted molar refractivity (Wildman–Crippen MR) is 126 cm³/mol. The van der Waals surface area contributed by atoms with Gasteiger partial charge < -0.3 is 15.0 Å². The van der Waals surface area contributed by atoms with Gasteiger partial charge >= 0.3 is 0 Å². The predicted octanol–water partition coefficient (Wildman–Crippen LogP) is 3.59. The molecular weight excluding hydrogens is 460 g/mol. The zero-order valence-corrected chi connectivity index (χ0v) is 20.5. The smallest absolute Gasteiger partial charge is 0.272 e. The summed E-state index contributed by atoms with van der Waals surface area (Å²) in [5.41, 5.74) is 2.15. The number of alkyl halides is 2. The molecule has 0 saturated heterocycles. The number of amides is 1. The number of aromatic nitrogens is 3. The fraction of sp³-hybridized carbons (Fsp3) is 0.667. The molecule has 1 N–H and O–H groups in total. The summed E-state index contributed by atoms with van der Waals surface area (Å²) in [7, 11) is 0. The monoisotopic (exact) mass is 493 g/mol. The summed E-state index contributed by atoms with van der Waals surface area (Å²) in [6.07, 6.45) is 5.07. The molecule has 0 aromatic carbocycles. The molecule has 1 aliphatic heterocycles. The second-order valence-electron chi connectivity index (χ2n) is 9.26. The van der Waals surface area contributed by atoms with Crippen molar-refractivity contribution in [1.29, 1.82) is 0 Å². The van der Waals surface area contributed by atoms with Crippen LogP contribution in [0.15, 0.2) is 12.1 Å². The Morgan fingerprint density at radius 2 is 2.00 bits per heavy atom. The molecule has 1 saturated carbocycles. The number of carbonyl (C=O) groups is 1. The highest BCUT2D eigenvalue weighted by atomic mass is 32.1. The molecular formula is C24H33F2N5O2S. The van der Waals surface area contributed by atoms with Crippen LogP contribution >= 0.6 is 11.3 Å². The third-order valence-electron chi connectivity index (χ3n) is 6.71. The zero-order chi connectivity index (χ0) is 23.9. The third kappa shape index (κ3) is 7.40. The Morgan fingerprint density at radius 1 is 1.21 bits per heavy atom. The van der Waals surface area contributed by atoms with Gasteiger partial charge in [0.15, 0.2) is 6.61 Å². The van der Waals surface area contributed by atoms with E-state index >= 15 is 0 Å². The number of hydrogen-bond donors (Lipinski definition) is 1. The van der Waals surface area contributed by atoms with Gasteiger partial charge in [0, 0.05) is 37.3 Å². The lowest BCUT2D eigenvalue weighted by atomic mass is 9.84. The van der Waals surface area contributed by atoms with Crippen LogP contribution in [0, 0.1) is 12.8 Å². The third-order valence-corrected chi connectivity index (χ3v) is 7.55. The van der Waals surface area contributed by atoms with Crippen molar-refractivity contribution in [3.63, 3.8) is 0 Å². The van der Waals surface area contributed by atoms with Gasteiger partial charge in [0.05, 0.1) is 6.42 Å². The van der Waals surface area contributed by atoms with Gasteiger partial charge in [-0.25, -0.2) is 13.8 Å². The van der Waals surface area contributed by atoms with E-state index in [1.54, 1.807) is 6.07 Å². The molecule has 2 aromatic rings. The van der Waals surface area contributed by atoms with Crippen LogP contribution in [0.5, 0.6) is 5.88 Å². The van der Waals surface area contributed by atoms with Crippen LogP contribution in [0.25, 0.3) is 0 Å². The number of ether oxygens (including phenoxy) is 1. The van der Waals surface area contributed by atoms with E-state index in [1.165, 1.54) is 16.9 Å². The van der Waals surface area contributed by atoms with Crippen molar-refractivity contribution in [2.75, 3.05) is 26.2 Å². The molecule has 0 bridgehead atoms. The minimum Gasteiger partial charge on any atom is -0.472 e. The van der Waals surface area contributed by atoms with E-state index in [0.717, 1.165) is 80.3 Å². The topological polar surface area (TPSA) is 80.2 Å². The molecule has 0 atom stereocenters. The van der Waals surface area contributed by atoms with Crippen molar-refractivity contribution in [3.8, 4) is 5.88 Å². The standard InChI is InChI=1S/C24H33F2N5O2S/c1-16-29-30-24(34-16)14-22(32)27-19-5-2-17(3-6-19)8-11-31-12-9-18-4-7-23(33-15-21(25)26)28-20(18)10-13-31/h4,7,17,19,21H,2-3,5-6,8-15H2,1H3,(H,27,32)/t17-,19-. The number of nitrogens with one attached hydrogen (secondary N) is 1. The maximum atomic E-state index is 12.4. The number of carbonyl (C=O) groups excluding carboxylic acids is 1. The van der Waals surface area contributed by atoms with Gasteiger partial charge in [-0.15, -0.1) is 21.5 Å². The van der Waals surface area contributed by atoms with Crippen LogP contribution in [0.1, 0.15) is 53.4 Å². The van der Waals surface area contributed by atoms with Gasteiger partial charge in [-0.05, 0) is 63.5 Å². The van der Waals surface area contributed by atoms with Crippen LogP contribution < -0.4 is 10.1 Å². The number of halogens is 2. The fourth-order valence-electron chi connectivity index (χ4n) is 4.85. The number of nitrogens with zero attached hydrogens (tertiary/aromatic N) is 4. The lowest BCUT2D eigenvalue weighted by Gasteiger charge is -2.30. The van der Waals surface area contributed by atoms with Gasteiger partial charge in [-0.2, -0.15) is 0 Å². The quantitative estimate of drug-likeness (QED) is 0.575. The van der Waals surface area contributed by atoms with Gasteiger partial charge in [0.2, 0.25) is 11.8 Å². The molecule has 4 rings (SSSR count). The molecule has 1 amide bonds. The Labute approximate surface area is 203 Å². The highest BCUT2D eigenvalue weighted by Gasteiger charge is 2.24. The highest BCUT2D eigenvalue weighted by Crippen LogP contribution is 2.28. The first kappa shape index (κ1) is 24.9. The second kappa shape index (κ2) is 12.0. The van der Waals surface area contributed by atoms with E-state index in [1.807, 2.05) is 13.0 Å². The highest BCUT2D eigenvalue weighted by molar-refractivity contribution is 7.11. The molecule has 7 nitrogen and oxygen atoms in total. The molecule has 1 fully saturated rings. The lowest BCUT2D eigenvalue weighted by Crippen LogP contribution is -2.39. The molecule has 3 heterocycles. The van der Waals surface area contributed by atoms with Crippen molar-refractivity contribution >= 4 is 17.2 Å². The maximum absolute atomic E-state index is 12.4. The number of hydrogen-bond acceptors (Lipinski definition) is 7. The summed E-state index contributed by atoms with van der Waals surface area (Å²) < 4.78 is 29.9. The van der Waals surface area contributed by atoms with Crippen LogP contribution in [0.3, 0.4) is 0 Å². The molecule has 2 aromatic heterocycles. The number of pyridine rings is 1. The maximum Gasteiger partial charge on any atom is 0.272 e. The SMILES string of the molecule is Cc1nnc(CC(=O)N[C@H]2CC[C@H](CCN3CCc4ccc(OCC(F)F)nc4CC3)CC2)s1. The summed E-state index contributed by atoms with van der Waals surface area (Å²) in [4.78, 5) is 19.2. The summed E-state index contributed by atoms with van der Waals surface area (Å²) in [5, 5.41) is 12.8. The van der Waals surface area contributed by atoms with E-state index in [9.17, 15) is 13.6 Å². The van der Waals surface area contributed by atoms with Crippen molar-refractivity contribution in [2.45, 2.75) is 70.8 Å². The molecule has 0 spiro atoms. The van der Waals surface area contributed by atoms with E-state index in [-0.39, 0.29) is 17.8 Å². The van der Waals surface area contributed by atoms with Crippen LogP contribution in [-0.2, 0) is 24.1 Å². The second-order valence-corrected chi connectivity index (χ2v) is 10.5. The minimum absolute atomic E-state index is 0.0418. The molecule has 34 heavy (non-hydrogen) atoms. The number of rotatable bonds is 9. The number of fused-ring (bicyclic) bond motifs is 1. The largest absolute Gasteiger partial charge is 0.472 e. The van der Waals surface area contributed by atoms with Gasteiger partial charge in [0.1, 0.15) is 10.0 Å². The molecule has 0 radical (unpaired) electrons. The van der Waals surface area contributed by atoms with Crippen molar-refractivity contribution in [2.24, 2.45) is 5.92 Å². The Morgan fingerprint density at radius 3 is 2.74 bits per heavy atom. The van der Waals surface area contributed by atoms with E-state index in [4.69, 9.17) is 4.74 Å². The minimum atomic E-state index is -2.49. The van der Waals surface area contributed by atoms with Crippen LogP contribution in [0.2, 0.25) is 0 Å². The average molecular weight is 494 g/mol. The van der Waals surface area contributed by atoms with Crippen LogP contribution in [-0.4, -0.2) is 64.7 Å². The number of aryl methyl sites for hydroxylation is 1. The summed E-state index contributed by atoms with van der Waals surface area (Å²) in [5.74, 6) is 1.02. The summed E-state index contributed by atoms with van der Waals surface area (Å²) >= 11 is 1.47. The van der Waals surface area contributed by atoms with E-state index in [2.05, 4.69) is 25.4 Å². The molecule has 2 aliphatic rings. The van der Waals surface area contributed by atoms with Crippen LogP contribution in [0.4, 0.5) is 8.78 Å². The molecule has 186 valence electrons. The Bertz CT molecular complexity index is 949. The van der Waals surface area contributed by atoms with E-state index < -0.39 is 13.0 Å². The van der Waals surface area contributed by atoms with E-state index in [0.29, 0.717) is 12.3 Å². The van der Waals surface area contributed by atoms with Gasteiger partial charge in [-0.1, -0.05) is 6.07 Å². The Hall–Kier alpha value is -2.20. The van der Waals surface area contributed by atoms with Crippen molar-refractivity contribution in [3.05, 3.63) is 33.4 Å². The zero-order valence-electron chi connectivity index (χ0n) is 19.6. The first-order chi connectivity index (χ1) is 16.4. The first-order valence-corrected chi connectivity index (χ1v) is 13.0. The van der Waals surface area contributed by atoms with Gasteiger partial charge in [0.25, 0.3) is 6.43 Å². The van der Waals surface area contributed by atoms with Crippen molar-refractivity contribution < 1.29 is 18.3 Å². The van der Waals surface area contributed by atoms with Gasteiger partial charge in [-0.3, -0.25) is 4.79 Å². The summed E-state index contributed by atoms with van der Waals surface area (Å²) in [6, 6.07) is 3.93. The Kier molecular flexibility index (Phi) is 8.77. The molecule has 1 aliphatic carbocycles. The molecule has 10 heteroatoms. The fourth-order valence-corrected chi connectivity index (χ4v) is 5.55. The first-order valence-electron chi connectivity index (χ1n) is 12.1. The van der Waals surface area contributed by atoms with Crippen molar-refractivity contribution in [1.82, 2.24) is 25.4 Å². The summed E-state index contributed by atoms with van der Waals surface area (Å²) in [6.45, 7) is 4.25.